The third-order valence-corrected chi connectivity index (χ3v) is 0.357. The van der Waals surface area contributed by atoms with Gasteiger partial charge in [0, 0.05) is 0 Å². The number of aliphatic hydroxyl groups excluding tert-OH is 1. The van der Waals surface area contributed by atoms with Gasteiger partial charge in [0.15, 0.2) is 0 Å². The molecule has 0 aromatic carbocycles. The van der Waals surface area contributed by atoms with E-state index in [0.717, 1.165) is 0 Å². The second kappa shape index (κ2) is 8.69. The van der Waals surface area contributed by atoms with Gasteiger partial charge in [-0.05, 0) is 6.92 Å². The van der Waals surface area contributed by atoms with E-state index in [1.807, 2.05) is 0 Å². The average molecular weight is 156 g/mol. The van der Waals surface area contributed by atoms with Gasteiger partial charge >= 0.3 is 73.3 Å². The molecule has 0 aromatic rings. The van der Waals surface area contributed by atoms with E-state index in [9.17, 15) is 4.79 Å². The van der Waals surface area contributed by atoms with Crippen molar-refractivity contribution in [2.45, 2.75) is 13.0 Å². The number of hydrogen-bond donors (Lipinski definition) is 2. The zero-order valence-corrected chi connectivity index (χ0v) is 3.38. The van der Waals surface area contributed by atoms with Crippen molar-refractivity contribution in [3.05, 3.63) is 0 Å². The number of carboxylic acids is 1. The van der Waals surface area contributed by atoms with E-state index < -0.39 is 12.1 Å². The van der Waals surface area contributed by atoms with Crippen LogP contribution in [0.15, 0.2) is 0 Å². The van der Waals surface area contributed by atoms with Crippen LogP contribution >= 0.6 is 0 Å². The standard InChI is InChI=1S/C3H6O3.Ca.Na.3H/c1-2(4)3(5)6;;;;;/h2,4H,1H3,(H,5,6);;;;;. The maximum atomic E-state index is 9.45. The van der Waals surface area contributed by atoms with Gasteiger partial charge in [0.1, 0.15) is 6.10 Å². The summed E-state index contributed by atoms with van der Waals surface area (Å²) >= 11 is 0. The normalized spacial score (nSPS) is 10.2. The molecule has 0 aliphatic heterocycles. The Kier molecular flexibility index (Phi) is 17.8. The van der Waals surface area contributed by atoms with Crippen LogP contribution in [0.4, 0.5) is 0 Å². The summed E-state index contributed by atoms with van der Waals surface area (Å²) in [6.45, 7) is 1.20. The van der Waals surface area contributed by atoms with E-state index >= 15 is 0 Å². The summed E-state index contributed by atoms with van der Waals surface area (Å²) < 4.78 is 0. The fraction of sp³-hybridized carbons (Fsp3) is 0.667. The second-order valence-electron chi connectivity index (χ2n) is 1.01. The monoisotopic (exact) mass is 156 g/mol. The number of carboxylic acid groups (broad SMARTS) is 1. The molecule has 0 aromatic heterocycles. The predicted molar refractivity (Wildman–Crippen MR) is 35.0 cm³/mol. The average Bonchev–Trinajstić information content (AvgIpc) is 1.36. The van der Waals surface area contributed by atoms with Crippen molar-refractivity contribution in [1.82, 2.24) is 0 Å². The third-order valence-electron chi connectivity index (χ3n) is 0.357. The van der Waals surface area contributed by atoms with Gasteiger partial charge in [-0.25, -0.2) is 4.79 Å². The first kappa shape index (κ1) is 16.3. The molecule has 0 saturated carbocycles. The van der Waals surface area contributed by atoms with Crippen LogP contribution in [-0.2, 0) is 4.79 Å². The van der Waals surface area contributed by atoms with Gasteiger partial charge in [0.2, 0.25) is 0 Å². The fourth-order valence-corrected chi connectivity index (χ4v) is 0. The van der Waals surface area contributed by atoms with Crippen LogP contribution in [0.25, 0.3) is 0 Å². The molecule has 0 fully saturated rings. The maximum absolute atomic E-state index is 9.45. The van der Waals surface area contributed by atoms with Gasteiger partial charge in [-0.2, -0.15) is 0 Å². The van der Waals surface area contributed by atoms with Crippen molar-refractivity contribution >= 4 is 73.3 Å². The molecule has 8 heavy (non-hydrogen) atoms. The minimum absolute atomic E-state index is 0. The molecule has 0 amide bonds. The first-order chi connectivity index (χ1) is 2.64. The van der Waals surface area contributed by atoms with Crippen LogP contribution < -0.4 is 0 Å². The van der Waals surface area contributed by atoms with Crippen molar-refractivity contribution in [3.63, 3.8) is 0 Å². The summed E-state index contributed by atoms with van der Waals surface area (Å²) in [5.74, 6) is -1.19. The number of hydrogen-bond acceptors (Lipinski definition) is 2. The number of carbonyl (C=O) groups is 1. The fourth-order valence-electron chi connectivity index (χ4n) is 0. The first-order valence-electron chi connectivity index (χ1n) is 1.55. The molecule has 0 bridgehead atoms. The first-order valence-corrected chi connectivity index (χ1v) is 1.55. The number of rotatable bonds is 1. The Balaban J connectivity index is -0.000000125. The van der Waals surface area contributed by atoms with E-state index in [2.05, 4.69) is 0 Å². The predicted octanol–water partition coefficient (Wildman–Crippen LogP) is -2.11. The van der Waals surface area contributed by atoms with Crippen LogP contribution in [0.5, 0.6) is 0 Å². The number of aliphatic carboxylic acids is 1. The summed E-state index contributed by atoms with van der Waals surface area (Å²) in [5.41, 5.74) is 0. The second-order valence-corrected chi connectivity index (χ2v) is 1.01. The molecular weight excluding hydrogens is 147 g/mol. The topological polar surface area (TPSA) is 57.5 Å². The molecule has 0 rings (SSSR count). The van der Waals surface area contributed by atoms with Gasteiger partial charge in [-0.15, -0.1) is 0 Å². The van der Waals surface area contributed by atoms with Gasteiger partial charge in [0.05, 0.1) is 0 Å². The summed E-state index contributed by atoms with van der Waals surface area (Å²) in [6, 6.07) is 0. The Morgan fingerprint density at radius 3 is 1.75 bits per heavy atom. The summed E-state index contributed by atoms with van der Waals surface area (Å²) in [5, 5.41) is 15.8. The Labute approximate surface area is 99.7 Å². The Hall–Kier alpha value is 1.69. The molecule has 0 aliphatic rings. The Bertz CT molecular complexity index is 65.5. The molecular formula is C3H9CaNaO3. The van der Waals surface area contributed by atoms with Gasteiger partial charge < -0.3 is 10.2 Å². The Morgan fingerprint density at radius 2 is 1.75 bits per heavy atom. The van der Waals surface area contributed by atoms with Crippen LogP contribution in [0.3, 0.4) is 0 Å². The van der Waals surface area contributed by atoms with Crippen LogP contribution in [0, 0.1) is 0 Å². The molecule has 42 valence electrons. The van der Waals surface area contributed by atoms with Crippen LogP contribution in [-0.4, -0.2) is 89.6 Å². The van der Waals surface area contributed by atoms with Crippen molar-refractivity contribution in [1.29, 1.82) is 0 Å². The molecule has 0 saturated heterocycles. The van der Waals surface area contributed by atoms with E-state index in [1.54, 1.807) is 0 Å². The third kappa shape index (κ3) is 10.6. The minimum atomic E-state index is -1.23. The molecule has 0 spiro atoms. The zero-order chi connectivity index (χ0) is 5.15. The SMILES string of the molecule is CC(O)C(=O)O.[CaH2].[NaH]. The molecule has 1 atom stereocenters. The summed E-state index contributed by atoms with van der Waals surface area (Å²) in [6.07, 6.45) is -1.23. The van der Waals surface area contributed by atoms with Crippen LogP contribution in [0.2, 0.25) is 0 Å². The molecule has 5 heteroatoms. The quantitative estimate of drug-likeness (QED) is 0.427. The van der Waals surface area contributed by atoms with Crippen molar-refractivity contribution in [2.24, 2.45) is 0 Å². The van der Waals surface area contributed by atoms with Crippen molar-refractivity contribution in [2.75, 3.05) is 0 Å². The van der Waals surface area contributed by atoms with E-state index in [1.165, 1.54) is 6.92 Å². The van der Waals surface area contributed by atoms with E-state index in [-0.39, 0.29) is 67.3 Å². The zero-order valence-electron chi connectivity index (χ0n) is 3.38. The van der Waals surface area contributed by atoms with Gasteiger partial charge in [0.25, 0.3) is 0 Å². The molecule has 0 radical (unpaired) electrons. The number of aliphatic hydroxyl groups is 1. The van der Waals surface area contributed by atoms with Gasteiger partial charge in [-0.1, -0.05) is 0 Å². The molecule has 0 heterocycles. The Morgan fingerprint density at radius 1 is 1.62 bits per heavy atom. The molecule has 1 unspecified atom stereocenters. The van der Waals surface area contributed by atoms with Crippen LogP contribution in [0.1, 0.15) is 6.92 Å². The van der Waals surface area contributed by atoms with E-state index in [0.29, 0.717) is 0 Å². The molecule has 3 nitrogen and oxygen atoms in total. The van der Waals surface area contributed by atoms with Crippen molar-refractivity contribution in [3.8, 4) is 0 Å². The molecule has 0 aliphatic carbocycles. The van der Waals surface area contributed by atoms with Crippen molar-refractivity contribution < 1.29 is 15.0 Å². The summed E-state index contributed by atoms with van der Waals surface area (Å²) in [7, 11) is 0. The van der Waals surface area contributed by atoms with Gasteiger partial charge in [-0.3, -0.25) is 0 Å². The summed E-state index contributed by atoms with van der Waals surface area (Å²) in [4.78, 5) is 9.45. The molecule has 2 N–H and O–H groups in total. The van der Waals surface area contributed by atoms with E-state index in [4.69, 9.17) is 10.2 Å².